The second-order valence-electron chi connectivity index (χ2n) is 2.46. The van der Waals surface area contributed by atoms with Gasteiger partial charge >= 0.3 is 0 Å². The molecule has 2 N–H and O–H groups in total. The van der Waals surface area contributed by atoms with E-state index >= 15 is 0 Å². The van der Waals surface area contributed by atoms with Gasteiger partial charge in [0.15, 0.2) is 0 Å². The summed E-state index contributed by atoms with van der Waals surface area (Å²) in [6, 6.07) is 0.191. The fourth-order valence-electron chi connectivity index (χ4n) is 0.961. The molecule has 0 aromatic heterocycles. The van der Waals surface area contributed by atoms with Gasteiger partial charge in [-0.15, -0.1) is 0 Å². The normalized spacial score (nSPS) is 14.1. The predicted octanol–water partition coefficient (Wildman–Crippen LogP) is 1.55. The van der Waals surface area contributed by atoms with Gasteiger partial charge in [-0.1, -0.05) is 0 Å². The van der Waals surface area contributed by atoms with Gasteiger partial charge in [-0.05, 0) is 26.8 Å². The molecule has 0 aliphatic rings. The maximum Gasteiger partial charge on any atom is 0.108 e. The molecule has 0 bridgehead atoms. The summed E-state index contributed by atoms with van der Waals surface area (Å²) in [5, 5.41) is 9.98. The van der Waals surface area contributed by atoms with Gasteiger partial charge in [-0.25, -0.2) is 0 Å². The number of rotatable bonds is 6. The Morgan fingerprint density at radius 1 is 1.67 bits per heavy atom. The van der Waals surface area contributed by atoms with Crippen LogP contribution in [0.5, 0.6) is 0 Å². The fourth-order valence-corrected chi connectivity index (χ4v) is 0.961. The van der Waals surface area contributed by atoms with Crippen molar-refractivity contribution >= 4 is 6.21 Å². The van der Waals surface area contributed by atoms with Crippen molar-refractivity contribution in [2.24, 2.45) is 0 Å². The van der Waals surface area contributed by atoms with Gasteiger partial charge in [-0.3, -0.25) is 0 Å². The largest absolute Gasteiger partial charge is 0.497 e. The molecule has 0 unspecified atom stereocenters. The van der Waals surface area contributed by atoms with Crippen LogP contribution in [0.3, 0.4) is 0 Å². The minimum absolute atomic E-state index is 0.191. The average Bonchev–Trinajstić information content (AvgIpc) is 2.10. The van der Waals surface area contributed by atoms with Crippen molar-refractivity contribution in [3.05, 3.63) is 11.8 Å². The molecule has 0 aliphatic carbocycles. The predicted molar refractivity (Wildman–Crippen MR) is 51.6 cm³/mol. The smallest absolute Gasteiger partial charge is 0.108 e. The zero-order chi connectivity index (χ0) is 9.40. The monoisotopic (exact) mass is 170 g/mol. The van der Waals surface area contributed by atoms with Gasteiger partial charge in [0.25, 0.3) is 0 Å². The third-order valence-corrected chi connectivity index (χ3v) is 1.55. The molecule has 0 rings (SSSR count). The molecule has 0 aromatic carbocycles. The Balaban J connectivity index is 3.85. The molecule has 3 nitrogen and oxygen atoms in total. The molecular formula is C9H18N2O. The van der Waals surface area contributed by atoms with Crippen LogP contribution >= 0.6 is 0 Å². The van der Waals surface area contributed by atoms with Gasteiger partial charge in [0.2, 0.25) is 0 Å². The summed E-state index contributed by atoms with van der Waals surface area (Å²) >= 11 is 0. The molecule has 3 heteroatoms. The van der Waals surface area contributed by atoms with Crippen molar-refractivity contribution < 1.29 is 4.74 Å². The lowest BCUT2D eigenvalue weighted by Gasteiger charge is -2.16. The Hall–Kier alpha value is -0.830. The SMILES string of the molecule is C/C=C(\OCC)[C@@H](C)NCC=N. The van der Waals surface area contributed by atoms with Crippen LogP contribution in [0.15, 0.2) is 11.8 Å². The van der Waals surface area contributed by atoms with Crippen LogP contribution in [-0.2, 0) is 4.74 Å². The summed E-state index contributed by atoms with van der Waals surface area (Å²) in [5.74, 6) is 0.944. The molecule has 0 heterocycles. The van der Waals surface area contributed by atoms with Gasteiger partial charge in [0, 0.05) is 12.8 Å². The van der Waals surface area contributed by atoms with E-state index in [1.165, 1.54) is 6.21 Å². The van der Waals surface area contributed by atoms with Crippen molar-refractivity contribution in [3.8, 4) is 0 Å². The summed E-state index contributed by atoms with van der Waals surface area (Å²) in [5.41, 5.74) is 0. The lowest BCUT2D eigenvalue weighted by molar-refractivity contribution is 0.204. The van der Waals surface area contributed by atoms with Crippen molar-refractivity contribution in [1.29, 1.82) is 5.41 Å². The van der Waals surface area contributed by atoms with Gasteiger partial charge in [-0.2, -0.15) is 0 Å². The van der Waals surface area contributed by atoms with Crippen LogP contribution in [0, 0.1) is 5.41 Å². The highest BCUT2D eigenvalue weighted by Gasteiger charge is 2.05. The van der Waals surface area contributed by atoms with E-state index in [0.29, 0.717) is 13.2 Å². The maximum atomic E-state index is 6.85. The minimum atomic E-state index is 0.191. The molecule has 12 heavy (non-hydrogen) atoms. The Kier molecular flexibility index (Phi) is 6.38. The number of hydrogen-bond acceptors (Lipinski definition) is 3. The lowest BCUT2D eigenvalue weighted by Crippen LogP contribution is -2.30. The van der Waals surface area contributed by atoms with E-state index in [0.717, 1.165) is 5.76 Å². The summed E-state index contributed by atoms with van der Waals surface area (Å²) in [7, 11) is 0. The standard InChI is InChI=1S/C9H18N2O/c1-4-9(12-5-2)8(3)11-7-6-10/h4,6,8,10-11H,5,7H2,1-3H3/b9-4-,10-6?/t8-/m1/s1. The highest BCUT2D eigenvalue weighted by molar-refractivity contribution is 5.55. The van der Waals surface area contributed by atoms with Gasteiger partial charge in [0.1, 0.15) is 5.76 Å². The first kappa shape index (κ1) is 11.2. The van der Waals surface area contributed by atoms with Crippen LogP contribution in [-0.4, -0.2) is 25.4 Å². The topological polar surface area (TPSA) is 45.1 Å². The number of hydrogen-bond donors (Lipinski definition) is 2. The number of nitrogens with one attached hydrogen (secondary N) is 2. The summed E-state index contributed by atoms with van der Waals surface area (Å²) in [6.07, 6.45) is 3.29. The molecule has 0 fully saturated rings. The molecule has 1 atom stereocenters. The van der Waals surface area contributed by atoms with Crippen LogP contribution in [0.25, 0.3) is 0 Å². The van der Waals surface area contributed by atoms with Crippen LogP contribution in [0.1, 0.15) is 20.8 Å². The van der Waals surface area contributed by atoms with E-state index in [4.69, 9.17) is 10.1 Å². The van der Waals surface area contributed by atoms with E-state index in [9.17, 15) is 0 Å². The second kappa shape index (κ2) is 6.85. The molecule has 0 spiro atoms. The Morgan fingerprint density at radius 3 is 2.75 bits per heavy atom. The zero-order valence-corrected chi connectivity index (χ0v) is 8.05. The van der Waals surface area contributed by atoms with Crippen LogP contribution in [0.4, 0.5) is 0 Å². The van der Waals surface area contributed by atoms with E-state index in [1.54, 1.807) is 0 Å². The third-order valence-electron chi connectivity index (χ3n) is 1.55. The summed E-state index contributed by atoms with van der Waals surface area (Å²) < 4.78 is 5.37. The summed E-state index contributed by atoms with van der Waals surface area (Å²) in [6.45, 7) is 7.22. The Morgan fingerprint density at radius 2 is 2.33 bits per heavy atom. The van der Waals surface area contributed by atoms with Crippen molar-refractivity contribution in [3.63, 3.8) is 0 Å². The molecule has 0 aliphatic heterocycles. The molecule has 0 saturated carbocycles. The molecule has 0 radical (unpaired) electrons. The third kappa shape index (κ3) is 4.13. The quantitative estimate of drug-likeness (QED) is 0.469. The molecular weight excluding hydrogens is 152 g/mol. The molecule has 0 saturated heterocycles. The van der Waals surface area contributed by atoms with E-state index in [2.05, 4.69) is 5.32 Å². The summed E-state index contributed by atoms with van der Waals surface area (Å²) in [4.78, 5) is 0. The van der Waals surface area contributed by atoms with E-state index in [1.807, 2.05) is 26.8 Å². The fraction of sp³-hybridized carbons (Fsp3) is 0.667. The maximum absolute atomic E-state index is 6.85. The number of ether oxygens (including phenoxy) is 1. The molecule has 70 valence electrons. The second-order valence-corrected chi connectivity index (χ2v) is 2.46. The average molecular weight is 170 g/mol. The van der Waals surface area contributed by atoms with Crippen LogP contribution in [0.2, 0.25) is 0 Å². The Bertz CT molecular complexity index is 155. The van der Waals surface area contributed by atoms with Gasteiger partial charge in [0.05, 0.1) is 12.6 Å². The first-order valence-electron chi connectivity index (χ1n) is 4.27. The van der Waals surface area contributed by atoms with Crippen LogP contribution < -0.4 is 5.32 Å². The first-order valence-corrected chi connectivity index (χ1v) is 4.27. The Labute approximate surface area is 74.3 Å². The highest BCUT2D eigenvalue weighted by Crippen LogP contribution is 2.02. The van der Waals surface area contributed by atoms with Crippen molar-refractivity contribution in [2.75, 3.05) is 13.2 Å². The highest BCUT2D eigenvalue weighted by atomic mass is 16.5. The lowest BCUT2D eigenvalue weighted by atomic mass is 10.2. The van der Waals surface area contributed by atoms with Gasteiger partial charge < -0.3 is 15.5 Å². The van der Waals surface area contributed by atoms with Crippen molar-refractivity contribution in [1.82, 2.24) is 5.32 Å². The van der Waals surface area contributed by atoms with E-state index < -0.39 is 0 Å². The first-order chi connectivity index (χ1) is 5.76. The number of allylic oxidation sites excluding steroid dienone is 1. The molecule has 0 amide bonds. The minimum Gasteiger partial charge on any atom is -0.497 e. The zero-order valence-electron chi connectivity index (χ0n) is 8.05. The van der Waals surface area contributed by atoms with E-state index in [-0.39, 0.29) is 6.04 Å². The molecule has 0 aromatic rings. The van der Waals surface area contributed by atoms with Crippen molar-refractivity contribution in [2.45, 2.75) is 26.8 Å².